The van der Waals surface area contributed by atoms with Gasteiger partial charge in [0.05, 0.1) is 10.6 Å². The molecular weight excluding hydrogens is 314 g/mol. The van der Waals surface area contributed by atoms with E-state index in [1.54, 1.807) is 28.6 Å². The summed E-state index contributed by atoms with van der Waals surface area (Å²) in [6.07, 6.45) is 6.73. The molecule has 1 aromatic carbocycles. The molecule has 0 aliphatic heterocycles. The molecule has 0 bridgehead atoms. The van der Waals surface area contributed by atoms with E-state index in [0.717, 1.165) is 25.7 Å². The minimum absolute atomic E-state index is 0.107. The summed E-state index contributed by atoms with van der Waals surface area (Å²) in [6.45, 7) is 2.39. The summed E-state index contributed by atoms with van der Waals surface area (Å²) in [5.41, 5.74) is 0.635. The molecule has 0 radical (unpaired) electrons. The summed E-state index contributed by atoms with van der Waals surface area (Å²) in [5, 5.41) is 11.0. The SMILES string of the molecule is CCN(C1CCCCC1)S(=O)(=O)c1cccc(-n2cnnn2)c1. The van der Waals surface area contributed by atoms with Crippen LogP contribution in [0.2, 0.25) is 0 Å². The molecule has 0 amide bonds. The number of rotatable bonds is 5. The first kappa shape index (κ1) is 16.1. The summed E-state index contributed by atoms with van der Waals surface area (Å²) < 4.78 is 29.2. The Bertz CT molecular complexity index is 739. The van der Waals surface area contributed by atoms with Gasteiger partial charge in [-0.2, -0.15) is 4.31 Å². The van der Waals surface area contributed by atoms with Crippen molar-refractivity contribution in [1.82, 2.24) is 24.5 Å². The lowest BCUT2D eigenvalue weighted by Crippen LogP contribution is -2.41. The van der Waals surface area contributed by atoms with E-state index in [1.165, 1.54) is 17.4 Å². The van der Waals surface area contributed by atoms with Gasteiger partial charge in [-0.05, 0) is 41.5 Å². The van der Waals surface area contributed by atoms with Crippen LogP contribution in [0.3, 0.4) is 0 Å². The van der Waals surface area contributed by atoms with E-state index in [-0.39, 0.29) is 10.9 Å². The molecule has 8 heteroatoms. The average Bonchev–Trinajstić information content (AvgIpc) is 3.11. The minimum Gasteiger partial charge on any atom is -0.207 e. The minimum atomic E-state index is -3.51. The third kappa shape index (κ3) is 3.28. The highest BCUT2D eigenvalue weighted by Gasteiger charge is 2.31. The molecule has 0 atom stereocenters. The largest absolute Gasteiger partial charge is 0.243 e. The molecule has 1 aliphatic rings. The zero-order chi connectivity index (χ0) is 16.3. The number of aromatic nitrogens is 4. The van der Waals surface area contributed by atoms with Crippen LogP contribution in [0, 0.1) is 0 Å². The van der Waals surface area contributed by atoms with Crippen molar-refractivity contribution >= 4 is 10.0 Å². The van der Waals surface area contributed by atoms with Crippen LogP contribution in [0.15, 0.2) is 35.5 Å². The fraction of sp³-hybridized carbons (Fsp3) is 0.533. The summed E-state index contributed by atoms with van der Waals surface area (Å²) in [5.74, 6) is 0. The summed E-state index contributed by atoms with van der Waals surface area (Å²) in [4.78, 5) is 0.290. The molecule has 0 spiro atoms. The van der Waals surface area contributed by atoms with E-state index in [4.69, 9.17) is 0 Å². The Morgan fingerprint density at radius 2 is 2.04 bits per heavy atom. The standard InChI is InChI=1S/C15H21N5O2S/c1-2-20(13-7-4-3-5-8-13)23(21,22)15-10-6-9-14(11-15)19-12-16-17-18-19/h6,9-13H,2-5,7-8H2,1H3. The van der Waals surface area contributed by atoms with Crippen LogP contribution in [-0.2, 0) is 10.0 Å². The lowest BCUT2D eigenvalue weighted by atomic mass is 9.95. The van der Waals surface area contributed by atoms with Crippen LogP contribution in [0.5, 0.6) is 0 Å². The topological polar surface area (TPSA) is 81.0 Å². The Labute approximate surface area is 136 Å². The average molecular weight is 335 g/mol. The van der Waals surface area contributed by atoms with Crippen LogP contribution in [-0.4, -0.2) is 45.5 Å². The van der Waals surface area contributed by atoms with Crippen molar-refractivity contribution in [3.05, 3.63) is 30.6 Å². The smallest absolute Gasteiger partial charge is 0.207 e. The van der Waals surface area contributed by atoms with Crippen LogP contribution in [0.25, 0.3) is 5.69 Å². The van der Waals surface area contributed by atoms with Crippen molar-refractivity contribution in [2.24, 2.45) is 0 Å². The van der Waals surface area contributed by atoms with Gasteiger partial charge in [-0.15, -0.1) is 5.10 Å². The molecule has 0 unspecified atom stereocenters. The van der Waals surface area contributed by atoms with Gasteiger partial charge >= 0.3 is 0 Å². The fourth-order valence-electron chi connectivity index (χ4n) is 3.19. The molecule has 7 nitrogen and oxygen atoms in total. The molecule has 3 rings (SSSR count). The Hall–Kier alpha value is -1.80. The zero-order valence-electron chi connectivity index (χ0n) is 13.2. The van der Waals surface area contributed by atoms with E-state index in [2.05, 4.69) is 15.5 Å². The highest BCUT2D eigenvalue weighted by atomic mass is 32.2. The molecule has 1 heterocycles. The van der Waals surface area contributed by atoms with Gasteiger partial charge in [0.1, 0.15) is 6.33 Å². The second-order valence-electron chi connectivity index (χ2n) is 5.75. The van der Waals surface area contributed by atoms with Crippen molar-refractivity contribution in [1.29, 1.82) is 0 Å². The Kier molecular flexibility index (Phi) is 4.72. The van der Waals surface area contributed by atoms with Crippen LogP contribution < -0.4 is 0 Å². The number of nitrogens with zero attached hydrogens (tertiary/aromatic N) is 5. The molecule has 124 valence electrons. The predicted octanol–water partition coefficient (Wildman–Crippen LogP) is 2.01. The van der Waals surface area contributed by atoms with Gasteiger partial charge in [-0.25, -0.2) is 13.1 Å². The van der Waals surface area contributed by atoms with Gasteiger partial charge in [0.2, 0.25) is 10.0 Å². The number of sulfonamides is 1. The van der Waals surface area contributed by atoms with Gasteiger partial charge in [0.25, 0.3) is 0 Å². The second-order valence-corrected chi connectivity index (χ2v) is 7.64. The highest BCUT2D eigenvalue weighted by Crippen LogP contribution is 2.28. The van der Waals surface area contributed by atoms with E-state index in [1.807, 2.05) is 6.92 Å². The maximum Gasteiger partial charge on any atom is 0.243 e. The third-order valence-corrected chi connectivity index (χ3v) is 6.35. The second kappa shape index (κ2) is 6.76. The summed E-state index contributed by atoms with van der Waals surface area (Å²) in [6, 6.07) is 6.87. The molecule has 1 aromatic heterocycles. The molecule has 1 aliphatic carbocycles. The normalized spacial score (nSPS) is 16.8. The molecule has 0 saturated heterocycles. The first-order valence-corrected chi connectivity index (χ1v) is 9.42. The molecule has 1 fully saturated rings. The van der Waals surface area contributed by atoms with E-state index < -0.39 is 10.0 Å². The third-order valence-electron chi connectivity index (χ3n) is 4.33. The molecule has 23 heavy (non-hydrogen) atoms. The van der Waals surface area contributed by atoms with Gasteiger partial charge < -0.3 is 0 Å². The number of hydrogen-bond donors (Lipinski definition) is 0. The first-order valence-electron chi connectivity index (χ1n) is 7.98. The van der Waals surface area contributed by atoms with E-state index in [0.29, 0.717) is 12.2 Å². The predicted molar refractivity (Wildman–Crippen MR) is 85.6 cm³/mol. The fourth-order valence-corrected chi connectivity index (χ4v) is 4.93. The number of hydrogen-bond acceptors (Lipinski definition) is 5. The van der Waals surface area contributed by atoms with Gasteiger partial charge in [0.15, 0.2) is 0 Å². The first-order chi connectivity index (χ1) is 11.1. The zero-order valence-corrected chi connectivity index (χ0v) is 14.0. The Balaban J connectivity index is 1.93. The molecule has 1 saturated carbocycles. The highest BCUT2D eigenvalue weighted by molar-refractivity contribution is 7.89. The monoisotopic (exact) mass is 335 g/mol. The lowest BCUT2D eigenvalue weighted by Gasteiger charge is -2.32. The number of benzene rings is 1. The van der Waals surface area contributed by atoms with Crippen LogP contribution >= 0.6 is 0 Å². The van der Waals surface area contributed by atoms with Gasteiger partial charge in [-0.3, -0.25) is 0 Å². The van der Waals surface area contributed by atoms with Gasteiger partial charge in [0, 0.05) is 12.6 Å². The van der Waals surface area contributed by atoms with Crippen molar-refractivity contribution in [3.63, 3.8) is 0 Å². The van der Waals surface area contributed by atoms with E-state index >= 15 is 0 Å². The maximum absolute atomic E-state index is 13.0. The van der Waals surface area contributed by atoms with Gasteiger partial charge in [-0.1, -0.05) is 32.3 Å². The summed E-state index contributed by atoms with van der Waals surface area (Å²) >= 11 is 0. The van der Waals surface area contributed by atoms with Crippen molar-refractivity contribution < 1.29 is 8.42 Å². The molecule has 2 aromatic rings. The van der Waals surface area contributed by atoms with E-state index in [9.17, 15) is 8.42 Å². The van der Waals surface area contributed by atoms with Crippen molar-refractivity contribution in [3.8, 4) is 5.69 Å². The quantitative estimate of drug-likeness (QED) is 0.835. The maximum atomic E-state index is 13.0. The van der Waals surface area contributed by atoms with Crippen LogP contribution in [0.4, 0.5) is 0 Å². The molecule has 0 N–H and O–H groups in total. The Morgan fingerprint density at radius 3 is 2.70 bits per heavy atom. The van der Waals surface area contributed by atoms with Crippen molar-refractivity contribution in [2.45, 2.75) is 50.0 Å². The van der Waals surface area contributed by atoms with Crippen LogP contribution in [0.1, 0.15) is 39.0 Å². The lowest BCUT2D eigenvalue weighted by molar-refractivity contribution is 0.261. The molecular formula is C15H21N5O2S. The van der Waals surface area contributed by atoms with Crippen molar-refractivity contribution in [2.75, 3.05) is 6.54 Å². The number of tetrazole rings is 1. The summed E-state index contributed by atoms with van der Waals surface area (Å²) in [7, 11) is -3.51. The Morgan fingerprint density at radius 1 is 1.26 bits per heavy atom.